The van der Waals surface area contributed by atoms with Crippen LogP contribution in [0.4, 0.5) is 18.9 Å². The third kappa shape index (κ3) is 5.62. The molecule has 1 aromatic heterocycles. The molecule has 196 valence electrons. The maximum absolute atomic E-state index is 13.0. The summed E-state index contributed by atoms with van der Waals surface area (Å²) in [6.07, 6.45) is 0. The van der Waals surface area contributed by atoms with E-state index in [9.17, 15) is 34.8 Å². The van der Waals surface area contributed by atoms with Gasteiger partial charge in [-0.1, -0.05) is 28.4 Å². The minimum Gasteiger partial charge on any atom is -0.372 e. The standard InChI is InChI=1S/C23H20F3N2O6S3/c1-28(14-15-34-37(32,33)27-36(30,31)23(24,25)26)16-10-12-17(13-11-16)35-20-8-4-2-6-18(20)22(29)19-7-3-5-9-21(19)35/h2-13,27H,14-15H2,1H3/q+1. The summed E-state index contributed by atoms with van der Waals surface area (Å²) in [6.45, 7) is -0.674. The Hall–Kier alpha value is -3.04. The number of hydrogen-bond acceptors (Lipinski definition) is 7. The van der Waals surface area contributed by atoms with Gasteiger partial charge in [0.15, 0.2) is 14.3 Å². The fraction of sp³-hybridized carbons (Fsp3) is 0.174. The van der Waals surface area contributed by atoms with Gasteiger partial charge in [-0.25, -0.2) is 8.42 Å². The van der Waals surface area contributed by atoms with E-state index >= 15 is 0 Å². The van der Waals surface area contributed by atoms with E-state index in [1.54, 1.807) is 36.2 Å². The highest BCUT2D eigenvalue weighted by Gasteiger charge is 2.48. The number of halogens is 3. The van der Waals surface area contributed by atoms with Crippen molar-refractivity contribution in [1.82, 2.24) is 4.13 Å². The minimum atomic E-state index is -6.12. The lowest BCUT2D eigenvalue weighted by Gasteiger charge is -2.19. The van der Waals surface area contributed by atoms with Gasteiger partial charge < -0.3 is 4.90 Å². The Morgan fingerprint density at radius 3 is 1.89 bits per heavy atom. The molecular weight excluding hydrogens is 553 g/mol. The summed E-state index contributed by atoms with van der Waals surface area (Å²) in [4.78, 5) is 15.5. The van der Waals surface area contributed by atoms with Crippen LogP contribution < -0.4 is 14.5 Å². The van der Waals surface area contributed by atoms with Crippen molar-refractivity contribution < 1.29 is 34.2 Å². The lowest BCUT2D eigenvalue weighted by atomic mass is 10.2. The highest BCUT2D eigenvalue weighted by atomic mass is 32.3. The molecule has 0 atom stereocenters. The topological polar surface area (TPSA) is 110 Å². The normalized spacial score (nSPS) is 12.8. The zero-order chi connectivity index (χ0) is 27.0. The Labute approximate surface area is 213 Å². The second-order valence-corrected chi connectivity index (χ2v) is 13.1. The van der Waals surface area contributed by atoms with Crippen molar-refractivity contribution in [2.24, 2.45) is 0 Å². The van der Waals surface area contributed by atoms with Gasteiger partial charge in [0, 0.05) is 41.9 Å². The van der Waals surface area contributed by atoms with Gasteiger partial charge in [0.05, 0.1) is 17.4 Å². The van der Waals surface area contributed by atoms with Crippen molar-refractivity contribution in [1.29, 1.82) is 0 Å². The molecule has 0 aliphatic heterocycles. The molecule has 14 heteroatoms. The first-order valence-electron chi connectivity index (χ1n) is 10.6. The number of fused-ring (bicyclic) bond motifs is 2. The first-order chi connectivity index (χ1) is 17.3. The van der Waals surface area contributed by atoms with Crippen LogP contribution in [0.3, 0.4) is 0 Å². The molecule has 3 aromatic carbocycles. The van der Waals surface area contributed by atoms with Crippen molar-refractivity contribution in [2.75, 3.05) is 25.1 Å². The summed E-state index contributed by atoms with van der Waals surface area (Å²) < 4.78 is 89.1. The first kappa shape index (κ1) is 27.0. The maximum atomic E-state index is 13.0. The molecular formula is C23H20F3N2O6S3+. The van der Waals surface area contributed by atoms with Gasteiger partial charge in [0.1, 0.15) is 0 Å². The van der Waals surface area contributed by atoms with Crippen molar-refractivity contribution in [3.05, 3.63) is 83.0 Å². The molecule has 0 aliphatic rings. The van der Waals surface area contributed by atoms with Gasteiger partial charge in [-0.2, -0.15) is 21.6 Å². The summed E-state index contributed by atoms with van der Waals surface area (Å²) >= 11 is 0. The molecule has 0 amide bonds. The van der Waals surface area contributed by atoms with Crippen LogP contribution in [-0.2, 0) is 24.5 Å². The summed E-state index contributed by atoms with van der Waals surface area (Å²) in [5, 5.41) is 1.29. The van der Waals surface area contributed by atoms with Gasteiger partial charge in [-0.3, -0.25) is 8.98 Å². The summed E-state index contributed by atoms with van der Waals surface area (Å²) in [7, 11) is -10.2. The van der Waals surface area contributed by atoms with E-state index in [0.717, 1.165) is 14.3 Å². The van der Waals surface area contributed by atoms with E-state index in [0.29, 0.717) is 20.6 Å². The van der Waals surface area contributed by atoms with Crippen molar-refractivity contribution >= 4 is 56.7 Å². The number of nitrogens with one attached hydrogen (secondary N) is 1. The van der Waals surface area contributed by atoms with Gasteiger partial charge in [0.2, 0.25) is 5.43 Å². The number of benzene rings is 3. The van der Waals surface area contributed by atoms with Crippen LogP contribution >= 0.6 is 10.5 Å². The Kier molecular flexibility index (Phi) is 7.32. The van der Waals surface area contributed by atoms with Gasteiger partial charge >= 0.3 is 25.8 Å². The molecule has 1 N–H and O–H groups in total. The van der Waals surface area contributed by atoms with E-state index in [1.165, 1.54) is 0 Å². The van der Waals surface area contributed by atoms with Gasteiger partial charge in [-0.15, -0.1) is 0 Å². The van der Waals surface area contributed by atoms with Crippen LogP contribution in [0, 0.1) is 0 Å². The van der Waals surface area contributed by atoms with Crippen LogP contribution in [0.1, 0.15) is 0 Å². The molecule has 37 heavy (non-hydrogen) atoms. The highest BCUT2D eigenvalue weighted by molar-refractivity contribution is 8.03. The average molecular weight is 574 g/mol. The molecule has 0 aliphatic carbocycles. The molecule has 1 heterocycles. The van der Waals surface area contributed by atoms with E-state index in [-0.39, 0.29) is 12.0 Å². The van der Waals surface area contributed by atoms with Crippen LogP contribution in [0.15, 0.2) is 77.6 Å². The fourth-order valence-corrected chi connectivity index (χ4v) is 7.92. The summed E-state index contributed by atoms with van der Waals surface area (Å²) in [5.74, 6) is 0. The molecule has 0 saturated heterocycles. The zero-order valence-electron chi connectivity index (χ0n) is 19.1. The van der Waals surface area contributed by atoms with Crippen LogP contribution in [-0.4, -0.2) is 42.5 Å². The number of likely N-dealkylation sites (N-methyl/N-ethyl adjacent to an activating group) is 1. The van der Waals surface area contributed by atoms with Crippen molar-refractivity contribution in [3.63, 3.8) is 0 Å². The number of sulfonamides is 1. The molecule has 8 nitrogen and oxygen atoms in total. The predicted molar refractivity (Wildman–Crippen MR) is 138 cm³/mol. The fourth-order valence-electron chi connectivity index (χ4n) is 3.64. The number of anilines is 1. The lowest BCUT2D eigenvalue weighted by molar-refractivity contribution is -0.0442. The SMILES string of the molecule is CN(CCOS(=O)(=O)NS(=O)(=O)C(F)(F)F)c1ccc(-[s+]2c3ccccc3c(=O)c3ccccc32)cc1. The molecule has 4 aromatic rings. The Balaban J connectivity index is 1.54. The summed E-state index contributed by atoms with van der Waals surface area (Å²) in [5.41, 5.74) is -5.17. The Morgan fingerprint density at radius 1 is 0.865 bits per heavy atom. The van der Waals surface area contributed by atoms with Crippen LogP contribution in [0.2, 0.25) is 0 Å². The van der Waals surface area contributed by atoms with E-state index in [2.05, 4.69) is 4.18 Å². The Morgan fingerprint density at radius 2 is 1.38 bits per heavy atom. The molecule has 0 fully saturated rings. The largest absolute Gasteiger partial charge is 0.512 e. The van der Waals surface area contributed by atoms with Gasteiger partial charge in [-0.05, 0) is 36.4 Å². The first-order valence-corrected chi connectivity index (χ1v) is 14.7. The van der Waals surface area contributed by atoms with Gasteiger partial charge in [0.25, 0.3) is 0 Å². The van der Waals surface area contributed by atoms with E-state index in [4.69, 9.17) is 0 Å². The molecule has 0 bridgehead atoms. The number of nitrogens with zero attached hydrogens (tertiary/aromatic N) is 1. The second-order valence-electron chi connectivity index (χ2n) is 7.85. The molecule has 4 rings (SSSR count). The minimum absolute atomic E-state index is 0.0289. The van der Waals surface area contributed by atoms with Crippen molar-refractivity contribution in [3.8, 4) is 4.90 Å². The van der Waals surface area contributed by atoms with E-state index in [1.807, 2.05) is 48.5 Å². The quantitative estimate of drug-likeness (QED) is 0.248. The smallest absolute Gasteiger partial charge is 0.372 e. The lowest BCUT2D eigenvalue weighted by Crippen LogP contribution is -2.41. The maximum Gasteiger partial charge on any atom is 0.512 e. The van der Waals surface area contributed by atoms with Crippen molar-refractivity contribution in [2.45, 2.75) is 5.51 Å². The predicted octanol–water partition coefficient (Wildman–Crippen LogP) is 4.23. The summed E-state index contributed by atoms with van der Waals surface area (Å²) in [6, 6.07) is 22.2. The second kappa shape index (κ2) is 10.0. The highest BCUT2D eigenvalue weighted by Crippen LogP contribution is 2.43. The Bertz CT molecular complexity index is 1680. The monoisotopic (exact) mass is 573 g/mol. The number of alkyl halides is 3. The molecule has 0 saturated carbocycles. The zero-order valence-corrected chi connectivity index (χ0v) is 21.5. The van der Waals surface area contributed by atoms with Crippen LogP contribution in [0.25, 0.3) is 25.1 Å². The molecule has 0 radical (unpaired) electrons. The third-order valence-corrected chi connectivity index (χ3v) is 10.5. The number of rotatable bonds is 8. The average Bonchev–Trinajstić information content (AvgIpc) is 2.83. The third-order valence-electron chi connectivity index (χ3n) is 5.40. The van der Waals surface area contributed by atoms with E-state index < -0.39 is 42.9 Å². The molecule has 0 unspecified atom stereocenters. The van der Waals surface area contributed by atoms with Crippen LogP contribution in [0.5, 0.6) is 0 Å². The number of hydrogen-bond donors (Lipinski definition) is 1. The molecule has 0 spiro atoms.